The summed E-state index contributed by atoms with van der Waals surface area (Å²) in [4.78, 5) is 25.1. The van der Waals surface area contributed by atoms with Crippen molar-refractivity contribution >= 4 is 11.9 Å². The summed E-state index contributed by atoms with van der Waals surface area (Å²) < 4.78 is 4.78. The van der Waals surface area contributed by atoms with Crippen molar-refractivity contribution in [2.24, 2.45) is 11.3 Å². The molecule has 4 heteroatoms. The number of amides is 1. The molecule has 1 aromatic rings. The lowest BCUT2D eigenvalue weighted by atomic mass is 9.49. The van der Waals surface area contributed by atoms with E-state index in [-0.39, 0.29) is 17.2 Å². The third kappa shape index (κ3) is 3.35. The number of nitrogens with one attached hydrogen (secondary N) is 1. The van der Waals surface area contributed by atoms with Gasteiger partial charge in [-0.15, -0.1) is 0 Å². The molecule has 1 amide bonds. The molecule has 154 valence electrons. The smallest absolute Gasteiger partial charge is 0.328 e. The van der Waals surface area contributed by atoms with Crippen molar-refractivity contribution in [3.05, 3.63) is 34.9 Å². The molecule has 4 atom stereocenters. The van der Waals surface area contributed by atoms with Crippen LogP contribution in [-0.4, -0.2) is 25.0 Å². The van der Waals surface area contributed by atoms with Crippen molar-refractivity contribution in [3.8, 4) is 0 Å². The van der Waals surface area contributed by atoms with E-state index >= 15 is 0 Å². The number of benzene rings is 1. The molecule has 1 N–H and O–H groups in total. The molecule has 0 unspecified atom stereocenters. The Bertz CT molecular complexity index is 771. The van der Waals surface area contributed by atoms with Crippen LogP contribution in [0.25, 0.3) is 0 Å². The lowest BCUT2D eigenvalue weighted by molar-refractivity contribution is -0.148. The van der Waals surface area contributed by atoms with E-state index in [2.05, 4.69) is 51.2 Å². The van der Waals surface area contributed by atoms with Gasteiger partial charge in [0.1, 0.15) is 6.04 Å². The molecule has 0 radical (unpaired) electrons. The van der Waals surface area contributed by atoms with Crippen LogP contribution in [0.15, 0.2) is 18.2 Å². The monoisotopic (exact) mass is 385 g/mol. The zero-order chi connectivity index (χ0) is 20.7. The molecule has 4 nitrogen and oxygen atoms in total. The lowest BCUT2D eigenvalue weighted by Crippen LogP contribution is -2.57. The summed E-state index contributed by atoms with van der Waals surface area (Å²) in [5.74, 6) is 0.392. The first-order valence-corrected chi connectivity index (χ1v) is 10.7. The summed E-state index contributed by atoms with van der Waals surface area (Å²) in [5, 5.41) is 2.93. The lowest BCUT2D eigenvalue weighted by Gasteiger charge is -2.54. The Kier molecular flexibility index (Phi) is 5.62. The van der Waals surface area contributed by atoms with Crippen molar-refractivity contribution in [1.29, 1.82) is 0 Å². The van der Waals surface area contributed by atoms with Crippen molar-refractivity contribution in [2.75, 3.05) is 7.11 Å². The third-order valence-electron chi connectivity index (χ3n) is 7.47. The van der Waals surface area contributed by atoms with Crippen LogP contribution < -0.4 is 5.32 Å². The van der Waals surface area contributed by atoms with E-state index in [0.717, 1.165) is 32.1 Å². The Hall–Kier alpha value is -1.84. The first-order chi connectivity index (χ1) is 13.1. The fraction of sp³-hybridized carbons (Fsp3) is 0.667. The van der Waals surface area contributed by atoms with Gasteiger partial charge in [-0.25, -0.2) is 4.79 Å². The predicted molar refractivity (Wildman–Crippen MR) is 111 cm³/mol. The van der Waals surface area contributed by atoms with Crippen molar-refractivity contribution < 1.29 is 14.3 Å². The molecule has 0 saturated heterocycles. The second-order valence-electron chi connectivity index (χ2n) is 9.57. The Labute approximate surface area is 169 Å². The van der Waals surface area contributed by atoms with E-state index in [4.69, 9.17) is 4.74 Å². The first-order valence-electron chi connectivity index (χ1n) is 10.7. The standard InChI is InChI=1S/C24H35NO3/c1-15(2)17-8-10-19-18(14-17)9-11-20-23(19,4)12-7-13-24(20,5)22(27)25-16(3)21(26)28-6/h8,10,14-16,20H,7,9,11-13H2,1-6H3,(H,25,27)/t16-,20+,23+,24+/m0/s1. The molecule has 1 saturated carbocycles. The maximum Gasteiger partial charge on any atom is 0.328 e. The van der Waals surface area contributed by atoms with Crippen LogP contribution in [-0.2, 0) is 26.2 Å². The summed E-state index contributed by atoms with van der Waals surface area (Å²) in [6.45, 7) is 10.6. The maximum absolute atomic E-state index is 13.3. The van der Waals surface area contributed by atoms with Gasteiger partial charge in [0.25, 0.3) is 0 Å². The largest absolute Gasteiger partial charge is 0.467 e. The van der Waals surface area contributed by atoms with Crippen LogP contribution in [0.3, 0.4) is 0 Å². The van der Waals surface area contributed by atoms with E-state index in [9.17, 15) is 9.59 Å². The molecule has 0 heterocycles. The van der Waals surface area contributed by atoms with Gasteiger partial charge in [-0.3, -0.25) is 4.79 Å². The fourth-order valence-electron chi connectivity index (χ4n) is 5.74. The van der Waals surface area contributed by atoms with Crippen LogP contribution in [0.5, 0.6) is 0 Å². The highest BCUT2D eigenvalue weighted by Gasteiger charge is 2.55. The first kappa shape index (κ1) is 20.9. The third-order valence-corrected chi connectivity index (χ3v) is 7.47. The molecular formula is C24H35NO3. The van der Waals surface area contributed by atoms with Gasteiger partial charge in [-0.1, -0.05) is 52.3 Å². The zero-order valence-corrected chi connectivity index (χ0v) is 18.2. The van der Waals surface area contributed by atoms with E-state index in [1.807, 2.05) is 0 Å². The number of rotatable bonds is 4. The van der Waals surface area contributed by atoms with Crippen molar-refractivity contribution in [2.45, 2.75) is 84.1 Å². The van der Waals surface area contributed by atoms with Crippen LogP contribution in [0.4, 0.5) is 0 Å². The molecule has 0 aliphatic heterocycles. The highest BCUT2D eigenvalue weighted by Crippen LogP contribution is 2.57. The molecule has 3 rings (SSSR count). The molecule has 2 aliphatic rings. The van der Waals surface area contributed by atoms with Crippen LogP contribution in [0, 0.1) is 11.3 Å². The molecule has 0 spiro atoms. The molecular weight excluding hydrogens is 350 g/mol. The van der Waals surface area contributed by atoms with E-state index < -0.39 is 17.4 Å². The second-order valence-corrected chi connectivity index (χ2v) is 9.57. The number of ether oxygens (including phenoxy) is 1. The number of methoxy groups -OCH3 is 1. The molecule has 2 aliphatic carbocycles. The number of hydrogen-bond donors (Lipinski definition) is 1. The van der Waals surface area contributed by atoms with Gasteiger partial charge >= 0.3 is 5.97 Å². The number of carbonyl (C=O) groups is 2. The number of fused-ring (bicyclic) bond motifs is 3. The van der Waals surface area contributed by atoms with E-state index in [0.29, 0.717) is 5.92 Å². The quantitative estimate of drug-likeness (QED) is 0.777. The van der Waals surface area contributed by atoms with Gasteiger partial charge in [-0.05, 0) is 66.5 Å². The van der Waals surface area contributed by atoms with Crippen molar-refractivity contribution in [1.82, 2.24) is 5.32 Å². The zero-order valence-electron chi connectivity index (χ0n) is 18.2. The fourth-order valence-corrected chi connectivity index (χ4v) is 5.74. The highest BCUT2D eigenvalue weighted by molar-refractivity contribution is 5.88. The highest BCUT2D eigenvalue weighted by atomic mass is 16.5. The van der Waals surface area contributed by atoms with E-state index in [1.54, 1.807) is 6.92 Å². The Morgan fingerprint density at radius 2 is 1.89 bits per heavy atom. The predicted octanol–water partition coefficient (Wildman–Crippen LogP) is 4.50. The molecule has 1 fully saturated rings. The van der Waals surface area contributed by atoms with Crippen LogP contribution in [0.2, 0.25) is 0 Å². The Morgan fingerprint density at radius 1 is 1.18 bits per heavy atom. The van der Waals surface area contributed by atoms with Gasteiger partial charge in [0, 0.05) is 0 Å². The summed E-state index contributed by atoms with van der Waals surface area (Å²) in [5.41, 5.74) is 3.81. The Balaban J connectivity index is 1.92. The maximum atomic E-state index is 13.3. The van der Waals surface area contributed by atoms with Gasteiger partial charge in [0.2, 0.25) is 5.91 Å². The molecule has 1 aromatic carbocycles. The summed E-state index contributed by atoms with van der Waals surface area (Å²) in [6, 6.07) is 6.35. The summed E-state index contributed by atoms with van der Waals surface area (Å²) >= 11 is 0. The van der Waals surface area contributed by atoms with Crippen LogP contribution in [0.1, 0.15) is 82.9 Å². The van der Waals surface area contributed by atoms with Crippen LogP contribution >= 0.6 is 0 Å². The number of esters is 1. The minimum atomic E-state index is -0.619. The average molecular weight is 386 g/mol. The second kappa shape index (κ2) is 7.53. The average Bonchev–Trinajstić information content (AvgIpc) is 2.66. The van der Waals surface area contributed by atoms with Gasteiger partial charge in [0.15, 0.2) is 0 Å². The molecule has 28 heavy (non-hydrogen) atoms. The van der Waals surface area contributed by atoms with Gasteiger partial charge in [0.05, 0.1) is 12.5 Å². The topological polar surface area (TPSA) is 55.4 Å². The van der Waals surface area contributed by atoms with E-state index in [1.165, 1.54) is 23.8 Å². The summed E-state index contributed by atoms with van der Waals surface area (Å²) in [7, 11) is 1.36. The van der Waals surface area contributed by atoms with Gasteiger partial charge in [-0.2, -0.15) is 0 Å². The normalized spacial score (nSPS) is 30.2. The number of aryl methyl sites for hydroxylation is 1. The number of carbonyl (C=O) groups excluding carboxylic acids is 2. The SMILES string of the molecule is COC(=O)[C@H](C)NC(=O)[C@]1(C)CCC[C@]2(C)c3ccc(C(C)C)cc3CC[C@@H]12. The molecule has 0 aromatic heterocycles. The summed E-state index contributed by atoms with van der Waals surface area (Å²) in [6.07, 6.45) is 5.04. The number of hydrogen-bond acceptors (Lipinski definition) is 3. The minimum absolute atomic E-state index is 0.00192. The molecule has 0 bridgehead atoms. The Morgan fingerprint density at radius 3 is 2.54 bits per heavy atom. The van der Waals surface area contributed by atoms with Crippen molar-refractivity contribution in [3.63, 3.8) is 0 Å². The minimum Gasteiger partial charge on any atom is -0.467 e. The van der Waals surface area contributed by atoms with Gasteiger partial charge < -0.3 is 10.1 Å².